The van der Waals surface area contributed by atoms with Crippen molar-refractivity contribution >= 4 is 38.5 Å². The average molecular weight is 614 g/mol. The van der Waals surface area contributed by atoms with Crippen molar-refractivity contribution < 1.29 is 30.6 Å². The molecule has 0 spiro atoms. The van der Waals surface area contributed by atoms with Crippen LogP contribution in [0.2, 0.25) is 0 Å². The Morgan fingerprint density at radius 3 is 2.30 bits per heavy atom. The minimum atomic E-state index is -4.53. The number of hydrogen-bond donors (Lipinski definition) is 2. The molecule has 1 aromatic heterocycles. The van der Waals surface area contributed by atoms with Crippen molar-refractivity contribution in [1.82, 2.24) is 9.29 Å². The number of nitrogens with two attached hydrogens (primary N) is 2. The molecule has 15 heteroatoms. The number of likely N-dealkylation sites (N-methyl/N-ethyl adjacent to an activating group) is 1. The summed E-state index contributed by atoms with van der Waals surface area (Å²) in [5, 5.41) is 3.41. The predicted octanol–water partition coefficient (Wildman–Crippen LogP) is 2.42. The number of hydrogen-bond acceptors (Lipinski definition) is 9. The van der Waals surface area contributed by atoms with E-state index >= 15 is 0 Å². The second-order valence-electron chi connectivity index (χ2n) is 8.42. The van der Waals surface area contributed by atoms with Crippen LogP contribution in [0.25, 0.3) is 0 Å². The Balaban J connectivity index is 0.00000560. The first-order chi connectivity index (χ1) is 18.5. The Morgan fingerprint density at radius 2 is 1.62 bits per heavy atom. The van der Waals surface area contributed by atoms with Gasteiger partial charge in [0.1, 0.15) is 27.9 Å². The Bertz CT molecular complexity index is 1500. The van der Waals surface area contributed by atoms with E-state index in [0.717, 1.165) is 4.31 Å². The van der Waals surface area contributed by atoms with Gasteiger partial charge in [-0.15, -0.1) is 12.4 Å². The molecule has 2 aromatic carbocycles. The molecule has 3 aromatic rings. The lowest BCUT2D eigenvalue weighted by atomic mass is 10.2. The maximum atomic E-state index is 13.3. The molecule has 3 rings (SSSR count). The minimum Gasteiger partial charge on any atom is -0.493 e. The van der Waals surface area contributed by atoms with Gasteiger partial charge in [-0.2, -0.15) is 8.42 Å². The maximum absolute atomic E-state index is 13.3. The molecule has 0 bridgehead atoms. The van der Waals surface area contributed by atoms with E-state index in [9.17, 15) is 16.8 Å². The molecule has 1 heterocycles. The summed E-state index contributed by atoms with van der Waals surface area (Å²) in [7, 11) is -7.32. The number of halogens is 1. The number of guanidine groups is 1. The van der Waals surface area contributed by atoms with Crippen LogP contribution in [0.3, 0.4) is 0 Å². The molecule has 12 nitrogen and oxygen atoms in total. The first-order valence-electron chi connectivity index (χ1n) is 11.8. The van der Waals surface area contributed by atoms with E-state index in [0.29, 0.717) is 29.8 Å². The van der Waals surface area contributed by atoms with Crippen molar-refractivity contribution in [2.75, 3.05) is 26.8 Å². The highest BCUT2D eigenvalue weighted by Crippen LogP contribution is 2.29. The quantitative estimate of drug-likeness (QED) is 0.0902. The van der Waals surface area contributed by atoms with Crippen molar-refractivity contribution in [2.45, 2.75) is 29.6 Å². The second kappa shape index (κ2) is 14.7. The lowest BCUT2D eigenvalue weighted by Gasteiger charge is -2.19. The zero-order valence-electron chi connectivity index (χ0n) is 22.0. The zero-order valence-corrected chi connectivity index (χ0v) is 24.4. The number of rotatable bonds is 14. The summed E-state index contributed by atoms with van der Waals surface area (Å²) in [5.41, 5.74) is 11.7. The van der Waals surface area contributed by atoms with Crippen LogP contribution in [0.4, 0.5) is 0 Å². The third-order valence-corrected chi connectivity index (χ3v) is 8.62. The van der Waals surface area contributed by atoms with Crippen molar-refractivity contribution in [2.24, 2.45) is 16.6 Å². The van der Waals surface area contributed by atoms with E-state index in [1.807, 2.05) is 0 Å². The maximum Gasteiger partial charge on any atom is 0.340 e. The molecule has 0 unspecified atom stereocenters. The topological polar surface area (TPSA) is 176 Å². The van der Waals surface area contributed by atoms with Crippen LogP contribution < -0.4 is 20.4 Å². The smallest absolute Gasteiger partial charge is 0.340 e. The molecule has 0 aliphatic rings. The first kappa shape index (κ1) is 32.6. The van der Waals surface area contributed by atoms with Gasteiger partial charge in [0, 0.05) is 44.4 Å². The fourth-order valence-corrected chi connectivity index (χ4v) is 6.29. The summed E-state index contributed by atoms with van der Waals surface area (Å²) in [6.45, 7) is 2.29. The van der Waals surface area contributed by atoms with E-state index < -0.39 is 29.9 Å². The van der Waals surface area contributed by atoms with Crippen LogP contribution in [-0.2, 0) is 31.4 Å². The van der Waals surface area contributed by atoms with E-state index in [-0.39, 0.29) is 43.9 Å². The van der Waals surface area contributed by atoms with Gasteiger partial charge in [0.15, 0.2) is 0 Å². The van der Waals surface area contributed by atoms with Gasteiger partial charge in [-0.05, 0) is 54.0 Å². The van der Waals surface area contributed by atoms with E-state index in [1.165, 1.54) is 43.4 Å². The van der Waals surface area contributed by atoms with E-state index in [2.05, 4.69) is 10.1 Å². The van der Waals surface area contributed by atoms with Gasteiger partial charge in [-0.3, -0.25) is 4.98 Å². The monoisotopic (exact) mass is 613 g/mol. The largest absolute Gasteiger partial charge is 0.493 e. The third kappa shape index (κ3) is 9.26. The van der Waals surface area contributed by atoms with Crippen molar-refractivity contribution in [3.05, 3.63) is 78.1 Å². The molecular formula is C25H32ClN5O7S2. The van der Waals surface area contributed by atoms with Crippen LogP contribution >= 0.6 is 12.4 Å². The van der Waals surface area contributed by atoms with E-state index in [4.69, 9.17) is 25.2 Å². The lowest BCUT2D eigenvalue weighted by molar-refractivity contribution is 0.127. The van der Waals surface area contributed by atoms with Gasteiger partial charge >= 0.3 is 10.1 Å². The molecule has 0 amide bonds. The molecule has 218 valence electrons. The molecule has 40 heavy (non-hydrogen) atoms. The number of aryl methyl sites for hydroxylation is 1. The summed E-state index contributed by atoms with van der Waals surface area (Å²) in [4.78, 5) is 8.21. The van der Waals surface area contributed by atoms with Crippen LogP contribution in [0, 0.1) is 6.92 Å². The number of sulfonamides is 1. The van der Waals surface area contributed by atoms with Gasteiger partial charge in [0.05, 0.1) is 6.61 Å². The summed E-state index contributed by atoms with van der Waals surface area (Å²) in [5.74, 6) is 0.137. The standard InChI is InChI=1S/C25H31N5O7S2.ClH/c1-19-16-21(35-14-7-15-36-29-25(26)27)18-22(17-19)37-39(33,34)24-10-4-3-9-23(24)38(31,32)30(2)13-11-20-8-5-6-12-28-20;/h3-6,8-10,12,16-18H,7,11,13-15H2,1-2H3,(H4,26,27,29);1H. The van der Waals surface area contributed by atoms with E-state index in [1.54, 1.807) is 37.4 Å². The normalized spacial score (nSPS) is 11.4. The highest BCUT2D eigenvalue weighted by Gasteiger charge is 2.30. The van der Waals surface area contributed by atoms with Crippen LogP contribution in [-0.4, -0.2) is 58.9 Å². The van der Waals surface area contributed by atoms with Gasteiger partial charge in [-0.1, -0.05) is 18.2 Å². The zero-order chi connectivity index (χ0) is 28.5. The van der Waals surface area contributed by atoms with Gasteiger partial charge in [0.2, 0.25) is 16.0 Å². The fourth-order valence-electron chi connectivity index (χ4n) is 3.43. The first-order valence-corrected chi connectivity index (χ1v) is 14.7. The summed E-state index contributed by atoms with van der Waals surface area (Å²) in [6, 6.07) is 15.3. The molecular weight excluding hydrogens is 582 g/mol. The number of ether oxygens (including phenoxy) is 1. The minimum absolute atomic E-state index is 0. The molecule has 0 fully saturated rings. The number of benzene rings is 2. The van der Waals surface area contributed by atoms with Crippen molar-refractivity contribution in [3.8, 4) is 11.5 Å². The van der Waals surface area contributed by atoms with Crippen molar-refractivity contribution in [1.29, 1.82) is 0 Å². The Morgan fingerprint density at radius 1 is 0.950 bits per heavy atom. The molecule has 0 atom stereocenters. The SMILES string of the molecule is Cc1cc(OCCCON=C(N)N)cc(OS(=O)(=O)c2ccccc2S(=O)(=O)N(C)CCc2ccccn2)c1.Cl. The molecule has 0 saturated heterocycles. The molecule has 4 N–H and O–H groups in total. The molecule has 0 aliphatic heterocycles. The summed E-state index contributed by atoms with van der Waals surface area (Å²) < 4.78 is 65.3. The van der Waals surface area contributed by atoms with Gasteiger partial charge in [0.25, 0.3) is 0 Å². The highest BCUT2D eigenvalue weighted by molar-refractivity contribution is 7.91. The number of aromatic nitrogens is 1. The third-order valence-electron chi connectivity index (χ3n) is 5.26. The predicted molar refractivity (Wildman–Crippen MR) is 152 cm³/mol. The van der Waals surface area contributed by atoms with Crippen LogP contribution in [0.15, 0.2) is 81.8 Å². The summed E-state index contributed by atoms with van der Waals surface area (Å²) in [6.07, 6.45) is 2.43. The van der Waals surface area contributed by atoms with Gasteiger partial charge < -0.3 is 25.2 Å². The highest BCUT2D eigenvalue weighted by atomic mass is 35.5. The molecule has 0 saturated carbocycles. The fraction of sp³-hybridized carbons (Fsp3) is 0.280. The average Bonchev–Trinajstić information content (AvgIpc) is 2.89. The van der Waals surface area contributed by atoms with Crippen molar-refractivity contribution in [3.63, 3.8) is 0 Å². The molecule has 0 aliphatic carbocycles. The van der Waals surface area contributed by atoms with Crippen LogP contribution in [0.1, 0.15) is 17.7 Å². The van der Waals surface area contributed by atoms with Gasteiger partial charge in [-0.25, -0.2) is 12.7 Å². The number of pyridine rings is 1. The molecule has 0 radical (unpaired) electrons. The summed E-state index contributed by atoms with van der Waals surface area (Å²) >= 11 is 0. The Labute approximate surface area is 240 Å². The Kier molecular flexibility index (Phi) is 12.0. The number of nitrogens with zero attached hydrogens (tertiary/aromatic N) is 3. The second-order valence-corrected chi connectivity index (χ2v) is 11.9. The number of oxime groups is 1. The van der Waals surface area contributed by atoms with Crippen LogP contribution in [0.5, 0.6) is 11.5 Å². The Hall–Kier alpha value is -3.59. The lowest BCUT2D eigenvalue weighted by Crippen LogP contribution is -2.30.